The fourth-order valence-electron chi connectivity index (χ4n) is 7.96. The first kappa shape index (κ1) is 31.9. The molecule has 262 valence electrons. The highest BCUT2D eigenvalue weighted by Gasteiger charge is 2.19. The van der Waals surface area contributed by atoms with Crippen LogP contribution in [0, 0.1) is 0 Å². The Morgan fingerprint density at radius 1 is 0.286 bits per heavy atom. The lowest BCUT2D eigenvalue weighted by atomic mass is 9.93. The second-order valence-electron chi connectivity index (χ2n) is 14.1. The topological polar surface area (TPSA) is 52.1 Å². The van der Waals surface area contributed by atoms with Gasteiger partial charge in [-0.3, -0.25) is 0 Å². The molecule has 4 heteroatoms. The summed E-state index contributed by atoms with van der Waals surface area (Å²) in [5.41, 5.74) is 14.4. The molecular formula is C52H32N2O2. The zero-order chi connectivity index (χ0) is 37.0. The molecule has 0 unspecified atom stereocenters. The first-order chi connectivity index (χ1) is 27.7. The summed E-state index contributed by atoms with van der Waals surface area (Å²) in [5.74, 6) is 0.659. The molecule has 3 aromatic heterocycles. The number of rotatable bonds is 6. The minimum Gasteiger partial charge on any atom is -0.455 e. The summed E-state index contributed by atoms with van der Waals surface area (Å²) < 4.78 is 13.2. The molecule has 11 aromatic rings. The number of aromatic nitrogens is 2. The summed E-state index contributed by atoms with van der Waals surface area (Å²) in [6, 6.07) is 67.3. The van der Waals surface area contributed by atoms with Crippen LogP contribution in [-0.2, 0) is 0 Å². The van der Waals surface area contributed by atoms with Gasteiger partial charge in [-0.2, -0.15) is 0 Å². The largest absolute Gasteiger partial charge is 0.455 e. The van der Waals surface area contributed by atoms with Crippen molar-refractivity contribution < 1.29 is 8.83 Å². The SMILES string of the molecule is c1ccc(-c2ccc(-c3nc(-c4ccccc4)cc(-c4cc(-c5cccc6c5oc5ccccc56)cc(-c5cccc6c5oc5ccccc56)c4)n3)cc2)cc1. The number of hydrogen-bond acceptors (Lipinski definition) is 4. The normalized spacial score (nSPS) is 11.6. The Hall–Kier alpha value is -7.56. The summed E-state index contributed by atoms with van der Waals surface area (Å²) in [4.78, 5) is 10.5. The van der Waals surface area contributed by atoms with Gasteiger partial charge >= 0.3 is 0 Å². The van der Waals surface area contributed by atoms with Crippen LogP contribution in [-0.4, -0.2) is 9.97 Å². The second-order valence-corrected chi connectivity index (χ2v) is 14.1. The number of hydrogen-bond donors (Lipinski definition) is 0. The first-order valence-electron chi connectivity index (χ1n) is 18.8. The van der Waals surface area contributed by atoms with Gasteiger partial charge in [0.1, 0.15) is 22.3 Å². The number of furan rings is 2. The number of para-hydroxylation sites is 4. The summed E-state index contributed by atoms with van der Waals surface area (Å²) in [5, 5.41) is 4.36. The van der Waals surface area contributed by atoms with Gasteiger partial charge in [-0.05, 0) is 58.7 Å². The van der Waals surface area contributed by atoms with E-state index in [9.17, 15) is 0 Å². The van der Waals surface area contributed by atoms with E-state index in [1.807, 2.05) is 48.5 Å². The highest BCUT2D eigenvalue weighted by molar-refractivity contribution is 6.11. The van der Waals surface area contributed by atoms with Crippen LogP contribution in [0.4, 0.5) is 0 Å². The molecule has 0 spiro atoms. The third-order valence-corrected chi connectivity index (χ3v) is 10.7. The molecule has 0 atom stereocenters. The first-order valence-corrected chi connectivity index (χ1v) is 18.8. The van der Waals surface area contributed by atoms with Gasteiger partial charge < -0.3 is 8.83 Å². The Morgan fingerprint density at radius 3 is 1.29 bits per heavy atom. The smallest absolute Gasteiger partial charge is 0.160 e. The monoisotopic (exact) mass is 716 g/mol. The van der Waals surface area contributed by atoms with Crippen molar-refractivity contribution in [3.8, 4) is 67.3 Å². The maximum absolute atomic E-state index is 6.59. The van der Waals surface area contributed by atoms with Crippen LogP contribution in [0.5, 0.6) is 0 Å². The van der Waals surface area contributed by atoms with Crippen LogP contribution in [0.15, 0.2) is 203 Å². The van der Waals surface area contributed by atoms with Crippen molar-refractivity contribution in [2.24, 2.45) is 0 Å². The van der Waals surface area contributed by atoms with Crippen molar-refractivity contribution in [2.75, 3.05) is 0 Å². The Bertz CT molecular complexity index is 3100. The van der Waals surface area contributed by atoms with Crippen LogP contribution in [0.1, 0.15) is 0 Å². The van der Waals surface area contributed by atoms with Crippen molar-refractivity contribution in [2.45, 2.75) is 0 Å². The second kappa shape index (κ2) is 13.1. The van der Waals surface area contributed by atoms with Gasteiger partial charge in [-0.25, -0.2) is 9.97 Å². The Morgan fingerprint density at radius 2 is 0.714 bits per heavy atom. The van der Waals surface area contributed by atoms with Crippen molar-refractivity contribution in [3.63, 3.8) is 0 Å². The molecule has 3 heterocycles. The van der Waals surface area contributed by atoms with E-state index in [4.69, 9.17) is 18.8 Å². The standard InChI is InChI=1S/C52H32N2O2/c1-3-13-33(14-4-1)34-25-27-36(28-26-34)52-53-46(35-15-5-2-6-16-35)32-47(54-52)39-30-37(40-19-11-21-44-42-17-7-9-23-48(42)55-50(40)44)29-38(31-39)41-20-12-22-45-43-18-8-10-24-49(43)56-51(41)45/h1-32H. The summed E-state index contributed by atoms with van der Waals surface area (Å²) in [6.07, 6.45) is 0. The zero-order valence-electron chi connectivity index (χ0n) is 30.2. The molecule has 0 radical (unpaired) electrons. The number of nitrogens with zero attached hydrogens (tertiary/aromatic N) is 2. The predicted octanol–water partition coefficient (Wildman–Crippen LogP) is 14.3. The number of fused-ring (bicyclic) bond motifs is 6. The summed E-state index contributed by atoms with van der Waals surface area (Å²) >= 11 is 0. The maximum atomic E-state index is 6.59. The van der Waals surface area contributed by atoms with Crippen LogP contribution < -0.4 is 0 Å². The summed E-state index contributed by atoms with van der Waals surface area (Å²) in [6.45, 7) is 0. The van der Waals surface area contributed by atoms with E-state index in [0.29, 0.717) is 5.82 Å². The van der Waals surface area contributed by atoms with Gasteiger partial charge in [0, 0.05) is 49.4 Å². The molecule has 56 heavy (non-hydrogen) atoms. The molecule has 0 bridgehead atoms. The molecular weight excluding hydrogens is 685 g/mol. The third kappa shape index (κ3) is 5.47. The highest BCUT2D eigenvalue weighted by atomic mass is 16.3. The van der Waals surface area contributed by atoms with E-state index in [2.05, 4.69) is 146 Å². The van der Waals surface area contributed by atoms with E-state index in [-0.39, 0.29) is 0 Å². The van der Waals surface area contributed by atoms with E-state index in [0.717, 1.165) is 99.8 Å². The van der Waals surface area contributed by atoms with E-state index >= 15 is 0 Å². The molecule has 0 aliphatic heterocycles. The minimum atomic E-state index is 0.659. The Labute approximate surface area is 323 Å². The van der Waals surface area contributed by atoms with Crippen molar-refractivity contribution in [3.05, 3.63) is 194 Å². The van der Waals surface area contributed by atoms with Gasteiger partial charge in [-0.1, -0.05) is 158 Å². The van der Waals surface area contributed by atoms with E-state index in [1.165, 1.54) is 5.56 Å². The highest BCUT2D eigenvalue weighted by Crippen LogP contribution is 2.42. The van der Waals surface area contributed by atoms with Gasteiger partial charge in [0.2, 0.25) is 0 Å². The Balaban J connectivity index is 1.15. The molecule has 0 saturated heterocycles. The van der Waals surface area contributed by atoms with Gasteiger partial charge in [0.15, 0.2) is 5.82 Å². The molecule has 0 aliphatic carbocycles. The fraction of sp³-hybridized carbons (Fsp3) is 0. The van der Waals surface area contributed by atoms with Gasteiger partial charge in [0.25, 0.3) is 0 Å². The van der Waals surface area contributed by atoms with Gasteiger partial charge in [-0.15, -0.1) is 0 Å². The van der Waals surface area contributed by atoms with Crippen LogP contribution in [0.3, 0.4) is 0 Å². The van der Waals surface area contributed by atoms with Crippen molar-refractivity contribution in [1.82, 2.24) is 9.97 Å². The average molecular weight is 717 g/mol. The maximum Gasteiger partial charge on any atom is 0.160 e. The molecule has 11 rings (SSSR count). The van der Waals surface area contributed by atoms with E-state index in [1.54, 1.807) is 0 Å². The van der Waals surface area contributed by atoms with Crippen molar-refractivity contribution >= 4 is 43.9 Å². The average Bonchev–Trinajstić information content (AvgIpc) is 3.86. The Kier molecular flexibility index (Phi) is 7.46. The van der Waals surface area contributed by atoms with E-state index < -0.39 is 0 Å². The fourth-order valence-corrected chi connectivity index (χ4v) is 7.96. The molecule has 0 amide bonds. The molecule has 8 aromatic carbocycles. The van der Waals surface area contributed by atoms with Crippen molar-refractivity contribution in [1.29, 1.82) is 0 Å². The van der Waals surface area contributed by atoms with Gasteiger partial charge in [0.05, 0.1) is 11.4 Å². The van der Waals surface area contributed by atoms with Crippen LogP contribution >= 0.6 is 0 Å². The molecule has 0 N–H and O–H groups in total. The lowest BCUT2D eigenvalue weighted by molar-refractivity contribution is 0.670. The lowest BCUT2D eigenvalue weighted by Gasteiger charge is -2.14. The molecule has 4 nitrogen and oxygen atoms in total. The lowest BCUT2D eigenvalue weighted by Crippen LogP contribution is -1.97. The predicted molar refractivity (Wildman–Crippen MR) is 229 cm³/mol. The molecule has 0 saturated carbocycles. The molecule has 0 aliphatic rings. The number of benzene rings is 8. The van der Waals surface area contributed by atoms with Crippen LogP contribution in [0.2, 0.25) is 0 Å². The molecule has 0 fully saturated rings. The third-order valence-electron chi connectivity index (χ3n) is 10.7. The quantitative estimate of drug-likeness (QED) is 0.172. The zero-order valence-corrected chi connectivity index (χ0v) is 30.2. The van der Waals surface area contributed by atoms with Crippen LogP contribution in [0.25, 0.3) is 111 Å². The summed E-state index contributed by atoms with van der Waals surface area (Å²) in [7, 11) is 0. The minimum absolute atomic E-state index is 0.659.